The molecule has 1 aliphatic heterocycles. The van der Waals surface area contributed by atoms with Gasteiger partial charge in [0.05, 0.1) is 32.8 Å². The summed E-state index contributed by atoms with van der Waals surface area (Å²) < 4.78 is 36.1. The SMILES string of the molecule is CCn1c(C)nc2cc(NS(=O)(=O)c3ccccc3)cc(C(=O)NC3CCOC(C)(C)C3)c21. The van der Waals surface area contributed by atoms with Gasteiger partial charge in [-0.15, -0.1) is 0 Å². The Morgan fingerprint density at radius 2 is 1.97 bits per heavy atom. The van der Waals surface area contributed by atoms with Crippen LogP contribution < -0.4 is 10.0 Å². The molecule has 4 rings (SSSR count). The minimum atomic E-state index is -3.81. The molecule has 176 valence electrons. The number of ether oxygens (including phenoxy) is 1. The molecule has 33 heavy (non-hydrogen) atoms. The number of sulfonamides is 1. The normalized spacial score (nSPS) is 18.2. The molecule has 9 heteroatoms. The molecule has 1 saturated heterocycles. The van der Waals surface area contributed by atoms with E-state index in [9.17, 15) is 13.2 Å². The van der Waals surface area contributed by atoms with Crippen molar-refractivity contribution in [3.63, 3.8) is 0 Å². The average Bonchev–Trinajstić information content (AvgIpc) is 3.07. The second kappa shape index (κ2) is 8.79. The van der Waals surface area contributed by atoms with Gasteiger partial charge in [-0.05, 0) is 64.8 Å². The fraction of sp³-hybridized carbons (Fsp3) is 0.417. The maximum Gasteiger partial charge on any atom is 0.261 e. The third kappa shape index (κ3) is 4.89. The molecule has 1 fully saturated rings. The summed E-state index contributed by atoms with van der Waals surface area (Å²) in [6.07, 6.45) is 1.43. The topological polar surface area (TPSA) is 102 Å². The van der Waals surface area contributed by atoms with Crippen LogP contribution in [0.3, 0.4) is 0 Å². The van der Waals surface area contributed by atoms with Crippen molar-refractivity contribution in [2.24, 2.45) is 0 Å². The van der Waals surface area contributed by atoms with E-state index in [4.69, 9.17) is 4.74 Å². The van der Waals surface area contributed by atoms with Gasteiger partial charge in [0.2, 0.25) is 0 Å². The Morgan fingerprint density at radius 3 is 2.64 bits per heavy atom. The van der Waals surface area contributed by atoms with Crippen LogP contribution in [0.5, 0.6) is 0 Å². The van der Waals surface area contributed by atoms with Crippen molar-refractivity contribution in [3.8, 4) is 0 Å². The van der Waals surface area contributed by atoms with E-state index in [1.165, 1.54) is 12.1 Å². The van der Waals surface area contributed by atoms with Gasteiger partial charge in [-0.1, -0.05) is 18.2 Å². The number of nitrogens with zero attached hydrogens (tertiary/aromatic N) is 2. The predicted molar refractivity (Wildman–Crippen MR) is 128 cm³/mol. The molecule has 2 N–H and O–H groups in total. The van der Waals surface area contributed by atoms with Gasteiger partial charge in [-0.2, -0.15) is 0 Å². The summed E-state index contributed by atoms with van der Waals surface area (Å²) in [6.45, 7) is 9.11. The highest BCUT2D eigenvalue weighted by molar-refractivity contribution is 7.92. The van der Waals surface area contributed by atoms with Crippen LogP contribution in [0.25, 0.3) is 11.0 Å². The largest absolute Gasteiger partial charge is 0.375 e. The van der Waals surface area contributed by atoms with Crippen LogP contribution in [0, 0.1) is 6.92 Å². The van der Waals surface area contributed by atoms with E-state index in [0.717, 1.165) is 12.2 Å². The van der Waals surface area contributed by atoms with Crippen LogP contribution in [0.2, 0.25) is 0 Å². The van der Waals surface area contributed by atoms with Crippen molar-refractivity contribution in [1.29, 1.82) is 0 Å². The quantitative estimate of drug-likeness (QED) is 0.570. The second-order valence-corrected chi connectivity index (χ2v) is 10.7. The molecule has 1 atom stereocenters. The van der Waals surface area contributed by atoms with Crippen molar-refractivity contribution < 1.29 is 17.9 Å². The Morgan fingerprint density at radius 1 is 1.24 bits per heavy atom. The zero-order chi connectivity index (χ0) is 23.8. The lowest BCUT2D eigenvalue weighted by atomic mass is 9.93. The molecule has 1 amide bonds. The Kier molecular flexibility index (Phi) is 6.20. The van der Waals surface area contributed by atoms with Gasteiger partial charge in [0.15, 0.2) is 0 Å². The van der Waals surface area contributed by atoms with Crippen LogP contribution in [0.15, 0.2) is 47.4 Å². The highest BCUT2D eigenvalue weighted by Crippen LogP contribution is 2.28. The Labute approximate surface area is 194 Å². The summed E-state index contributed by atoms with van der Waals surface area (Å²) in [6, 6.07) is 11.4. The number of rotatable bonds is 6. The van der Waals surface area contributed by atoms with Crippen LogP contribution in [0.1, 0.15) is 49.8 Å². The van der Waals surface area contributed by atoms with Crippen LogP contribution in [-0.4, -0.2) is 42.1 Å². The predicted octanol–water partition coefficient (Wildman–Crippen LogP) is 3.85. The van der Waals surface area contributed by atoms with Crippen molar-refractivity contribution in [3.05, 3.63) is 53.9 Å². The summed E-state index contributed by atoms with van der Waals surface area (Å²) in [5.74, 6) is 0.509. The first-order valence-electron chi connectivity index (χ1n) is 11.1. The van der Waals surface area contributed by atoms with Gasteiger partial charge in [0.1, 0.15) is 5.82 Å². The maximum atomic E-state index is 13.4. The molecule has 0 saturated carbocycles. The van der Waals surface area contributed by atoms with Gasteiger partial charge >= 0.3 is 0 Å². The number of hydrogen-bond donors (Lipinski definition) is 2. The van der Waals surface area contributed by atoms with Crippen molar-refractivity contribution in [1.82, 2.24) is 14.9 Å². The highest BCUT2D eigenvalue weighted by Gasteiger charge is 2.30. The van der Waals surface area contributed by atoms with E-state index in [2.05, 4.69) is 15.0 Å². The summed E-state index contributed by atoms with van der Waals surface area (Å²) in [5.41, 5.74) is 1.65. The Balaban J connectivity index is 1.73. The van der Waals surface area contributed by atoms with E-state index >= 15 is 0 Å². The number of carbonyl (C=O) groups is 1. The minimum absolute atomic E-state index is 0.0277. The van der Waals surface area contributed by atoms with Crippen LogP contribution in [0.4, 0.5) is 5.69 Å². The van der Waals surface area contributed by atoms with E-state index in [-0.39, 0.29) is 22.4 Å². The van der Waals surface area contributed by atoms with Gasteiger partial charge in [-0.25, -0.2) is 13.4 Å². The molecule has 2 aromatic carbocycles. The molecule has 0 spiro atoms. The lowest BCUT2D eigenvalue weighted by molar-refractivity contribution is -0.0615. The second-order valence-electron chi connectivity index (χ2n) is 8.98. The number of aromatic nitrogens is 2. The highest BCUT2D eigenvalue weighted by atomic mass is 32.2. The summed E-state index contributed by atoms with van der Waals surface area (Å²) in [7, 11) is -3.81. The van der Waals surface area contributed by atoms with Crippen LogP contribution in [-0.2, 0) is 21.3 Å². The number of fused-ring (bicyclic) bond motifs is 1. The van der Waals surface area contributed by atoms with Gasteiger partial charge in [0.25, 0.3) is 15.9 Å². The number of amides is 1. The zero-order valence-corrected chi connectivity index (χ0v) is 20.2. The number of imidazole rings is 1. The first kappa shape index (κ1) is 23.3. The molecule has 3 aromatic rings. The monoisotopic (exact) mass is 470 g/mol. The van der Waals surface area contributed by atoms with Gasteiger partial charge < -0.3 is 14.6 Å². The number of nitrogens with one attached hydrogen (secondary N) is 2. The van der Waals surface area contributed by atoms with Crippen LogP contribution >= 0.6 is 0 Å². The third-order valence-corrected chi connectivity index (χ3v) is 7.33. The van der Waals surface area contributed by atoms with Crippen molar-refractivity contribution in [2.45, 2.75) is 63.6 Å². The summed E-state index contributed by atoms with van der Waals surface area (Å²) in [4.78, 5) is 18.2. The molecule has 1 aromatic heterocycles. The maximum absolute atomic E-state index is 13.4. The molecule has 1 aliphatic rings. The molecule has 2 heterocycles. The fourth-order valence-corrected chi connectivity index (χ4v) is 5.50. The number of carbonyl (C=O) groups excluding carboxylic acids is 1. The first-order valence-corrected chi connectivity index (χ1v) is 12.6. The number of benzene rings is 2. The molecule has 0 aliphatic carbocycles. The molecular weight excluding hydrogens is 440 g/mol. The summed E-state index contributed by atoms with van der Waals surface area (Å²) in [5, 5.41) is 3.13. The minimum Gasteiger partial charge on any atom is -0.375 e. The van der Waals surface area contributed by atoms with E-state index in [0.29, 0.717) is 41.9 Å². The lowest BCUT2D eigenvalue weighted by Crippen LogP contribution is -2.45. The van der Waals surface area contributed by atoms with Gasteiger partial charge in [0, 0.05) is 19.2 Å². The van der Waals surface area contributed by atoms with Gasteiger partial charge in [-0.3, -0.25) is 9.52 Å². The molecule has 0 radical (unpaired) electrons. The number of hydrogen-bond acceptors (Lipinski definition) is 5. The van der Waals surface area contributed by atoms with Crippen molar-refractivity contribution in [2.75, 3.05) is 11.3 Å². The van der Waals surface area contributed by atoms with E-state index in [1.54, 1.807) is 30.3 Å². The van der Waals surface area contributed by atoms with E-state index in [1.807, 2.05) is 32.3 Å². The van der Waals surface area contributed by atoms with E-state index < -0.39 is 10.0 Å². The number of anilines is 1. The standard InChI is InChI=1S/C24H30N4O4S/c1-5-28-16(2)25-21-14-18(27-33(30,31)19-9-7-6-8-10-19)13-20(22(21)28)23(29)26-17-11-12-32-24(3,4)15-17/h6-10,13-14,17,27H,5,11-12,15H2,1-4H3,(H,26,29). The number of aryl methyl sites for hydroxylation is 2. The Hall–Kier alpha value is -2.91. The van der Waals surface area contributed by atoms with Crippen molar-refractivity contribution >= 4 is 32.7 Å². The lowest BCUT2D eigenvalue weighted by Gasteiger charge is -2.35. The molecular formula is C24H30N4O4S. The Bertz CT molecular complexity index is 1280. The zero-order valence-electron chi connectivity index (χ0n) is 19.4. The fourth-order valence-electron chi connectivity index (χ4n) is 4.44. The first-order chi connectivity index (χ1) is 15.6. The third-order valence-electron chi connectivity index (χ3n) is 5.93. The molecule has 1 unspecified atom stereocenters. The average molecular weight is 471 g/mol. The molecule has 8 nitrogen and oxygen atoms in total. The summed E-state index contributed by atoms with van der Waals surface area (Å²) >= 11 is 0. The molecule has 0 bridgehead atoms. The smallest absolute Gasteiger partial charge is 0.261 e.